The van der Waals surface area contributed by atoms with E-state index in [4.69, 9.17) is 10.5 Å². The van der Waals surface area contributed by atoms with E-state index in [0.29, 0.717) is 6.61 Å². The molecule has 0 aliphatic heterocycles. The summed E-state index contributed by atoms with van der Waals surface area (Å²) in [6.07, 6.45) is 8.86. The first-order chi connectivity index (χ1) is 10.2. The van der Waals surface area contributed by atoms with E-state index in [2.05, 4.69) is 30.8 Å². The van der Waals surface area contributed by atoms with Crippen molar-refractivity contribution in [2.75, 3.05) is 6.61 Å². The predicted molar refractivity (Wildman–Crippen MR) is 91.0 cm³/mol. The van der Waals surface area contributed by atoms with Crippen molar-refractivity contribution < 1.29 is 4.74 Å². The lowest BCUT2D eigenvalue weighted by atomic mass is 10.1. The summed E-state index contributed by atoms with van der Waals surface area (Å²) < 4.78 is 5.74. The minimum absolute atomic E-state index is 0.0705. The van der Waals surface area contributed by atoms with Gasteiger partial charge >= 0.3 is 0 Å². The van der Waals surface area contributed by atoms with Gasteiger partial charge in [-0.25, -0.2) is 0 Å². The molecule has 0 bridgehead atoms. The normalized spacial score (nSPS) is 13.9. The molecule has 1 rings (SSSR count). The molecule has 1 atom stereocenters. The number of nitrogens with two attached hydrogens (primary N) is 1. The molecule has 2 nitrogen and oxygen atoms in total. The van der Waals surface area contributed by atoms with Gasteiger partial charge in [-0.2, -0.15) is 0 Å². The fraction of sp³-hybridized carbons (Fsp3) is 0.368. The highest BCUT2D eigenvalue weighted by atomic mass is 16.5. The smallest absolute Gasteiger partial charge is 0.115 e. The van der Waals surface area contributed by atoms with Crippen LogP contribution in [0, 0.1) is 0 Å². The first kappa shape index (κ1) is 17.3. The molecule has 0 spiro atoms. The SMILES string of the molecule is C=C/C(C)=C\C(=C/C)OCC(N)CCCc1ccccc1. The Balaban J connectivity index is 2.27. The average Bonchev–Trinajstić information content (AvgIpc) is 2.52. The molecule has 2 heteroatoms. The van der Waals surface area contributed by atoms with Crippen molar-refractivity contribution >= 4 is 0 Å². The minimum atomic E-state index is 0.0705. The summed E-state index contributed by atoms with van der Waals surface area (Å²) in [5.41, 5.74) is 8.56. The van der Waals surface area contributed by atoms with E-state index in [1.807, 2.05) is 38.1 Å². The second kappa shape index (κ2) is 10.0. The molecule has 1 unspecified atom stereocenters. The van der Waals surface area contributed by atoms with Crippen molar-refractivity contribution in [1.82, 2.24) is 0 Å². The summed E-state index contributed by atoms with van der Waals surface area (Å²) in [7, 11) is 0. The van der Waals surface area contributed by atoms with Gasteiger partial charge in [0.25, 0.3) is 0 Å². The summed E-state index contributed by atoms with van der Waals surface area (Å²) in [4.78, 5) is 0. The zero-order valence-electron chi connectivity index (χ0n) is 13.2. The van der Waals surface area contributed by atoms with Gasteiger partial charge in [0.15, 0.2) is 0 Å². The molecule has 114 valence electrons. The van der Waals surface area contributed by atoms with Crippen molar-refractivity contribution in [3.05, 3.63) is 72.0 Å². The van der Waals surface area contributed by atoms with Crippen LogP contribution in [0.4, 0.5) is 0 Å². The molecule has 0 heterocycles. The third-order valence-electron chi connectivity index (χ3n) is 3.32. The van der Waals surface area contributed by atoms with Crippen molar-refractivity contribution in [2.24, 2.45) is 5.73 Å². The Morgan fingerprint density at radius 1 is 1.33 bits per heavy atom. The third kappa shape index (κ3) is 7.52. The van der Waals surface area contributed by atoms with Gasteiger partial charge in [-0.3, -0.25) is 0 Å². The highest BCUT2D eigenvalue weighted by Gasteiger charge is 2.04. The maximum absolute atomic E-state index is 6.11. The Hall–Kier alpha value is -1.80. The van der Waals surface area contributed by atoms with Crippen molar-refractivity contribution in [3.8, 4) is 0 Å². The third-order valence-corrected chi connectivity index (χ3v) is 3.32. The maximum Gasteiger partial charge on any atom is 0.115 e. The summed E-state index contributed by atoms with van der Waals surface area (Å²) in [5.74, 6) is 0.853. The fourth-order valence-electron chi connectivity index (χ4n) is 1.99. The number of aryl methyl sites for hydroxylation is 1. The largest absolute Gasteiger partial charge is 0.492 e. The zero-order valence-corrected chi connectivity index (χ0v) is 13.2. The number of benzene rings is 1. The van der Waals surface area contributed by atoms with Gasteiger partial charge in [-0.15, -0.1) is 0 Å². The topological polar surface area (TPSA) is 35.2 Å². The fourth-order valence-corrected chi connectivity index (χ4v) is 1.99. The van der Waals surface area contributed by atoms with Crippen LogP contribution >= 0.6 is 0 Å². The molecule has 2 N–H and O–H groups in total. The van der Waals surface area contributed by atoms with Crippen molar-refractivity contribution in [2.45, 2.75) is 39.2 Å². The standard InChI is InChI=1S/C19H27NO/c1-4-16(3)14-19(5-2)21-15-18(20)13-9-12-17-10-7-6-8-11-17/h4-8,10-11,14,18H,1,9,12-13,15,20H2,2-3H3/b16-14-,19-5+. The molecule has 0 aliphatic carbocycles. The molecule has 0 radical (unpaired) electrons. The number of ether oxygens (including phenoxy) is 1. The van der Waals surface area contributed by atoms with E-state index in [-0.39, 0.29) is 6.04 Å². The highest BCUT2D eigenvalue weighted by Crippen LogP contribution is 2.09. The molecule has 21 heavy (non-hydrogen) atoms. The minimum Gasteiger partial charge on any atom is -0.492 e. The van der Waals surface area contributed by atoms with Crippen LogP contribution in [0.5, 0.6) is 0 Å². The van der Waals surface area contributed by atoms with Gasteiger partial charge in [-0.1, -0.05) is 43.0 Å². The van der Waals surface area contributed by atoms with Gasteiger partial charge in [0.1, 0.15) is 12.4 Å². The molecular weight excluding hydrogens is 258 g/mol. The molecule has 0 saturated heterocycles. The second-order valence-corrected chi connectivity index (χ2v) is 5.23. The van der Waals surface area contributed by atoms with Crippen LogP contribution in [0.25, 0.3) is 0 Å². The molecule has 0 amide bonds. The highest BCUT2D eigenvalue weighted by molar-refractivity contribution is 5.23. The van der Waals surface area contributed by atoms with Crippen LogP contribution in [0.3, 0.4) is 0 Å². The van der Waals surface area contributed by atoms with Crippen LogP contribution in [-0.2, 0) is 11.2 Å². The lowest BCUT2D eigenvalue weighted by molar-refractivity contribution is 0.199. The van der Waals surface area contributed by atoms with Crippen molar-refractivity contribution in [1.29, 1.82) is 0 Å². The van der Waals surface area contributed by atoms with E-state index >= 15 is 0 Å². The van der Waals surface area contributed by atoms with Gasteiger partial charge in [0.05, 0.1) is 0 Å². The Morgan fingerprint density at radius 2 is 2.05 bits per heavy atom. The van der Waals surface area contributed by atoms with Gasteiger partial charge in [0.2, 0.25) is 0 Å². The van der Waals surface area contributed by atoms with E-state index in [1.54, 1.807) is 0 Å². The van der Waals surface area contributed by atoms with E-state index in [1.165, 1.54) is 5.56 Å². The lowest BCUT2D eigenvalue weighted by Crippen LogP contribution is -2.26. The van der Waals surface area contributed by atoms with E-state index in [0.717, 1.165) is 30.6 Å². The Labute approximate surface area is 129 Å². The summed E-state index contributed by atoms with van der Waals surface area (Å²) in [5, 5.41) is 0. The second-order valence-electron chi connectivity index (χ2n) is 5.23. The molecule has 0 aromatic heterocycles. The lowest BCUT2D eigenvalue weighted by Gasteiger charge is -2.14. The number of hydrogen-bond acceptors (Lipinski definition) is 2. The zero-order chi connectivity index (χ0) is 15.5. The van der Waals surface area contributed by atoms with Gasteiger partial charge < -0.3 is 10.5 Å². The monoisotopic (exact) mass is 285 g/mol. The van der Waals surface area contributed by atoms with Gasteiger partial charge in [-0.05, 0) is 56.4 Å². The summed E-state index contributed by atoms with van der Waals surface area (Å²) in [6, 6.07) is 10.6. The summed E-state index contributed by atoms with van der Waals surface area (Å²) >= 11 is 0. The van der Waals surface area contributed by atoms with Crippen LogP contribution in [0.1, 0.15) is 32.3 Å². The first-order valence-corrected chi connectivity index (χ1v) is 7.55. The Bertz CT molecular complexity index is 474. The Kier molecular flexibility index (Phi) is 8.22. The average molecular weight is 285 g/mol. The van der Waals surface area contributed by atoms with E-state index in [9.17, 15) is 0 Å². The molecule has 0 saturated carbocycles. The first-order valence-electron chi connectivity index (χ1n) is 7.55. The number of allylic oxidation sites excluding steroid dienone is 4. The van der Waals surface area contributed by atoms with Crippen molar-refractivity contribution in [3.63, 3.8) is 0 Å². The molecular formula is C19H27NO. The number of hydrogen-bond donors (Lipinski definition) is 1. The van der Waals surface area contributed by atoms with Crippen LogP contribution in [-0.4, -0.2) is 12.6 Å². The van der Waals surface area contributed by atoms with Crippen LogP contribution in [0.2, 0.25) is 0 Å². The van der Waals surface area contributed by atoms with Crippen LogP contribution < -0.4 is 5.73 Å². The van der Waals surface area contributed by atoms with Crippen LogP contribution in [0.15, 0.2) is 66.5 Å². The maximum atomic E-state index is 6.11. The predicted octanol–water partition coefficient (Wildman–Crippen LogP) is 4.39. The number of rotatable bonds is 9. The molecule has 0 aliphatic rings. The molecule has 1 aromatic carbocycles. The quantitative estimate of drug-likeness (QED) is 0.539. The van der Waals surface area contributed by atoms with E-state index < -0.39 is 0 Å². The molecule has 0 fully saturated rings. The summed E-state index contributed by atoms with van der Waals surface area (Å²) in [6.45, 7) is 8.25. The molecule has 1 aromatic rings. The van der Waals surface area contributed by atoms with Gasteiger partial charge in [0, 0.05) is 6.04 Å². The Morgan fingerprint density at radius 3 is 2.67 bits per heavy atom.